The molecule has 0 radical (unpaired) electrons. The molecular weight excluding hydrogens is 184 g/mol. The minimum absolute atomic E-state index is 0.0340. The molecular formula is C9H16N2O3. The second-order valence-electron chi connectivity index (χ2n) is 4.65. The van der Waals surface area contributed by atoms with Gasteiger partial charge in [-0.1, -0.05) is 20.8 Å². The number of amides is 2. The van der Waals surface area contributed by atoms with E-state index in [1.54, 1.807) is 7.05 Å². The molecule has 1 N–H and O–H groups in total. The van der Waals surface area contributed by atoms with Crippen molar-refractivity contribution >= 4 is 12.0 Å². The van der Waals surface area contributed by atoms with Gasteiger partial charge in [-0.15, -0.1) is 0 Å². The second-order valence-corrected chi connectivity index (χ2v) is 4.65. The zero-order chi connectivity index (χ0) is 11.1. The van der Waals surface area contributed by atoms with Gasteiger partial charge in [-0.3, -0.25) is 9.69 Å². The smallest absolute Gasteiger partial charge is 0.409 e. The van der Waals surface area contributed by atoms with E-state index >= 15 is 0 Å². The summed E-state index contributed by atoms with van der Waals surface area (Å²) in [4.78, 5) is 24.9. The van der Waals surface area contributed by atoms with Crippen LogP contribution in [-0.2, 0) is 4.79 Å². The van der Waals surface area contributed by atoms with Gasteiger partial charge in [0.2, 0.25) is 5.91 Å². The maximum Gasteiger partial charge on any atom is 0.409 e. The number of likely N-dealkylation sites (N-methyl/N-ethyl adjacent to an activating group) is 1. The van der Waals surface area contributed by atoms with Crippen LogP contribution < -0.4 is 0 Å². The molecule has 1 rings (SSSR count). The largest absolute Gasteiger partial charge is 0.465 e. The molecule has 80 valence electrons. The summed E-state index contributed by atoms with van der Waals surface area (Å²) >= 11 is 0. The van der Waals surface area contributed by atoms with Crippen LogP contribution in [-0.4, -0.2) is 46.7 Å². The fourth-order valence-electron chi connectivity index (χ4n) is 1.91. The highest BCUT2D eigenvalue weighted by Crippen LogP contribution is 2.30. The van der Waals surface area contributed by atoms with Crippen LogP contribution in [0.15, 0.2) is 0 Å². The van der Waals surface area contributed by atoms with Crippen LogP contribution in [0.4, 0.5) is 4.79 Å². The van der Waals surface area contributed by atoms with E-state index in [1.807, 2.05) is 20.8 Å². The van der Waals surface area contributed by atoms with Crippen molar-refractivity contribution in [3.05, 3.63) is 0 Å². The van der Waals surface area contributed by atoms with Gasteiger partial charge in [0.05, 0.1) is 0 Å². The lowest BCUT2D eigenvalue weighted by molar-refractivity contribution is -0.127. The maximum absolute atomic E-state index is 11.4. The summed E-state index contributed by atoms with van der Waals surface area (Å²) in [5.41, 5.74) is -0.265. The zero-order valence-electron chi connectivity index (χ0n) is 8.94. The molecule has 0 aromatic heterocycles. The first kappa shape index (κ1) is 10.8. The first-order valence-electron chi connectivity index (χ1n) is 4.50. The van der Waals surface area contributed by atoms with Gasteiger partial charge in [0.25, 0.3) is 0 Å². The average molecular weight is 200 g/mol. The molecule has 0 saturated carbocycles. The van der Waals surface area contributed by atoms with Gasteiger partial charge in [0, 0.05) is 12.5 Å². The third-order valence-electron chi connectivity index (χ3n) is 2.38. The fourth-order valence-corrected chi connectivity index (χ4v) is 1.91. The number of carbonyl (C=O) groups excluding carboxylic acids is 1. The van der Waals surface area contributed by atoms with Crippen LogP contribution in [0.2, 0.25) is 0 Å². The number of hydrogen-bond acceptors (Lipinski definition) is 2. The second kappa shape index (κ2) is 3.15. The Kier molecular flexibility index (Phi) is 2.43. The third-order valence-corrected chi connectivity index (χ3v) is 2.38. The van der Waals surface area contributed by atoms with Crippen molar-refractivity contribution in [3.63, 3.8) is 0 Å². The Bertz CT molecular complexity index is 270. The van der Waals surface area contributed by atoms with Crippen LogP contribution >= 0.6 is 0 Å². The normalized spacial score (nSPS) is 23.1. The Morgan fingerprint density at radius 1 is 1.50 bits per heavy atom. The van der Waals surface area contributed by atoms with Gasteiger partial charge in [-0.05, 0) is 0 Å². The SMILES string of the molecule is CN1C(=O)CN(C(=O)O)C1C(C)(C)C. The Hall–Kier alpha value is -1.26. The van der Waals surface area contributed by atoms with Crippen molar-refractivity contribution in [2.45, 2.75) is 26.9 Å². The van der Waals surface area contributed by atoms with E-state index in [0.29, 0.717) is 0 Å². The first-order chi connectivity index (χ1) is 6.25. The van der Waals surface area contributed by atoms with Crippen LogP contribution in [0, 0.1) is 5.41 Å². The molecule has 5 nitrogen and oxygen atoms in total. The number of rotatable bonds is 0. The summed E-state index contributed by atoms with van der Waals surface area (Å²) in [5, 5.41) is 8.93. The van der Waals surface area contributed by atoms with Gasteiger partial charge >= 0.3 is 6.09 Å². The molecule has 1 saturated heterocycles. The van der Waals surface area contributed by atoms with Crippen LogP contribution in [0.3, 0.4) is 0 Å². The number of carboxylic acid groups (broad SMARTS) is 1. The topological polar surface area (TPSA) is 60.9 Å². The number of hydrogen-bond donors (Lipinski definition) is 1. The molecule has 1 unspecified atom stereocenters. The van der Waals surface area contributed by atoms with Gasteiger partial charge in [-0.25, -0.2) is 4.79 Å². The molecule has 14 heavy (non-hydrogen) atoms. The van der Waals surface area contributed by atoms with Gasteiger partial charge in [-0.2, -0.15) is 0 Å². The standard InChI is InChI=1S/C9H16N2O3/c1-9(2,3)7-10(4)6(12)5-11(7)8(13)14/h7H,5H2,1-4H3,(H,13,14). The molecule has 0 aromatic rings. The highest BCUT2D eigenvalue weighted by molar-refractivity contribution is 5.85. The van der Waals surface area contributed by atoms with Crippen molar-refractivity contribution in [3.8, 4) is 0 Å². The highest BCUT2D eigenvalue weighted by atomic mass is 16.4. The van der Waals surface area contributed by atoms with Crippen molar-refractivity contribution in [1.29, 1.82) is 0 Å². The van der Waals surface area contributed by atoms with Crippen LogP contribution in [0.1, 0.15) is 20.8 Å². The lowest BCUT2D eigenvalue weighted by Gasteiger charge is -2.36. The summed E-state index contributed by atoms with van der Waals surface area (Å²) in [6, 6.07) is 0. The minimum atomic E-state index is -1.04. The lowest BCUT2D eigenvalue weighted by Crippen LogP contribution is -2.48. The van der Waals surface area contributed by atoms with Gasteiger partial charge in [0.15, 0.2) is 0 Å². The van der Waals surface area contributed by atoms with Crippen molar-refractivity contribution in [1.82, 2.24) is 9.80 Å². The van der Waals surface area contributed by atoms with Gasteiger partial charge < -0.3 is 10.0 Å². The Morgan fingerprint density at radius 3 is 2.29 bits per heavy atom. The molecule has 2 amide bonds. The predicted molar refractivity (Wildman–Crippen MR) is 50.7 cm³/mol. The molecule has 1 fully saturated rings. The minimum Gasteiger partial charge on any atom is -0.465 e. The molecule has 1 atom stereocenters. The first-order valence-corrected chi connectivity index (χ1v) is 4.50. The Balaban J connectivity index is 2.99. The zero-order valence-corrected chi connectivity index (χ0v) is 8.94. The molecule has 0 aromatic carbocycles. The van der Waals surface area contributed by atoms with Crippen molar-refractivity contribution < 1.29 is 14.7 Å². The predicted octanol–water partition coefficient (Wildman–Crippen LogP) is 0.811. The van der Waals surface area contributed by atoms with E-state index in [-0.39, 0.29) is 24.0 Å². The molecule has 0 bridgehead atoms. The Labute approximate surface area is 83.3 Å². The highest BCUT2D eigenvalue weighted by Gasteiger charge is 2.44. The quantitative estimate of drug-likeness (QED) is 0.629. The maximum atomic E-state index is 11.4. The summed E-state index contributed by atoms with van der Waals surface area (Å²) in [5.74, 6) is -0.146. The third kappa shape index (κ3) is 1.66. The summed E-state index contributed by atoms with van der Waals surface area (Å²) in [6.07, 6.45) is -1.41. The van der Waals surface area contributed by atoms with E-state index in [9.17, 15) is 9.59 Å². The summed E-state index contributed by atoms with van der Waals surface area (Å²) in [6.45, 7) is 5.72. The lowest BCUT2D eigenvalue weighted by atomic mass is 9.91. The summed E-state index contributed by atoms with van der Waals surface area (Å²) in [7, 11) is 1.64. The van der Waals surface area contributed by atoms with E-state index in [2.05, 4.69) is 0 Å². The molecule has 1 aliphatic rings. The van der Waals surface area contributed by atoms with Crippen molar-refractivity contribution in [2.75, 3.05) is 13.6 Å². The average Bonchev–Trinajstić information content (AvgIpc) is 2.27. The monoisotopic (exact) mass is 200 g/mol. The molecule has 5 heteroatoms. The summed E-state index contributed by atoms with van der Waals surface area (Å²) < 4.78 is 0. The van der Waals surface area contributed by atoms with E-state index in [4.69, 9.17) is 5.11 Å². The molecule has 1 heterocycles. The Morgan fingerprint density at radius 2 is 2.00 bits per heavy atom. The number of carbonyl (C=O) groups is 2. The van der Waals surface area contributed by atoms with Crippen molar-refractivity contribution in [2.24, 2.45) is 5.41 Å². The van der Waals surface area contributed by atoms with Crippen LogP contribution in [0.5, 0.6) is 0 Å². The van der Waals surface area contributed by atoms with Crippen LogP contribution in [0.25, 0.3) is 0 Å². The molecule has 1 aliphatic heterocycles. The van der Waals surface area contributed by atoms with E-state index in [1.165, 1.54) is 9.80 Å². The fraction of sp³-hybridized carbons (Fsp3) is 0.778. The van der Waals surface area contributed by atoms with Gasteiger partial charge in [0.1, 0.15) is 12.7 Å². The van der Waals surface area contributed by atoms with E-state index < -0.39 is 6.09 Å². The molecule has 0 spiro atoms. The molecule has 0 aliphatic carbocycles. The number of nitrogens with zero attached hydrogens (tertiary/aromatic N) is 2. The van der Waals surface area contributed by atoms with E-state index in [0.717, 1.165) is 0 Å².